The summed E-state index contributed by atoms with van der Waals surface area (Å²) in [5, 5.41) is 14.4. The standard InChI is InChI=1S/C6H11N7/c1-2-3-4-13-6(5-8-10-7)9-11-12-13/h2-5H2,1H3. The van der Waals surface area contributed by atoms with Gasteiger partial charge in [0.05, 0.1) is 6.54 Å². The van der Waals surface area contributed by atoms with Crippen molar-refractivity contribution < 1.29 is 0 Å². The molecule has 0 bridgehead atoms. The summed E-state index contributed by atoms with van der Waals surface area (Å²) in [4.78, 5) is 2.65. The molecule has 1 heterocycles. The Morgan fingerprint density at radius 1 is 1.62 bits per heavy atom. The molecule has 0 aromatic carbocycles. The molecule has 0 aliphatic carbocycles. The van der Waals surface area contributed by atoms with E-state index in [0.717, 1.165) is 19.4 Å². The van der Waals surface area contributed by atoms with Gasteiger partial charge in [0.2, 0.25) is 0 Å². The van der Waals surface area contributed by atoms with E-state index in [-0.39, 0.29) is 6.54 Å². The second kappa shape index (κ2) is 5.10. The Kier molecular flexibility index (Phi) is 3.72. The Bertz CT molecular complexity index is 298. The van der Waals surface area contributed by atoms with Gasteiger partial charge in [-0.2, -0.15) is 0 Å². The van der Waals surface area contributed by atoms with Crippen molar-refractivity contribution >= 4 is 0 Å². The summed E-state index contributed by atoms with van der Waals surface area (Å²) in [6.45, 7) is 3.09. The molecule has 0 spiro atoms. The van der Waals surface area contributed by atoms with Gasteiger partial charge in [-0.3, -0.25) is 0 Å². The maximum absolute atomic E-state index is 8.11. The van der Waals surface area contributed by atoms with Gasteiger partial charge >= 0.3 is 0 Å². The lowest BCUT2D eigenvalue weighted by Gasteiger charge is -1.99. The van der Waals surface area contributed by atoms with Crippen LogP contribution in [0, 0.1) is 0 Å². The summed E-state index contributed by atoms with van der Waals surface area (Å²) in [5.74, 6) is 0.617. The minimum atomic E-state index is 0.215. The van der Waals surface area contributed by atoms with E-state index in [4.69, 9.17) is 5.53 Å². The quantitative estimate of drug-likeness (QED) is 0.389. The van der Waals surface area contributed by atoms with E-state index < -0.39 is 0 Å². The molecule has 1 aromatic rings. The third-order valence-electron chi connectivity index (χ3n) is 1.60. The summed E-state index contributed by atoms with van der Waals surface area (Å²) < 4.78 is 1.66. The van der Waals surface area contributed by atoms with E-state index >= 15 is 0 Å². The van der Waals surface area contributed by atoms with E-state index in [0.29, 0.717) is 5.82 Å². The average Bonchev–Trinajstić information content (AvgIpc) is 2.59. The van der Waals surface area contributed by atoms with Gasteiger partial charge in [0.1, 0.15) is 0 Å². The highest BCUT2D eigenvalue weighted by molar-refractivity contribution is 4.79. The van der Waals surface area contributed by atoms with E-state index in [1.807, 2.05) is 0 Å². The van der Waals surface area contributed by atoms with Gasteiger partial charge in [-0.1, -0.05) is 18.5 Å². The molecule has 13 heavy (non-hydrogen) atoms. The van der Waals surface area contributed by atoms with Crippen LogP contribution < -0.4 is 0 Å². The molecular formula is C6H11N7. The molecule has 0 atom stereocenters. The molecule has 0 aliphatic rings. The number of tetrazole rings is 1. The minimum Gasteiger partial charge on any atom is -0.229 e. The number of unbranched alkanes of at least 4 members (excludes halogenated alkanes) is 1. The van der Waals surface area contributed by atoms with Crippen LogP contribution in [0.5, 0.6) is 0 Å². The number of nitrogens with zero attached hydrogens (tertiary/aromatic N) is 7. The number of azide groups is 1. The second-order valence-corrected chi connectivity index (χ2v) is 2.56. The fourth-order valence-electron chi connectivity index (χ4n) is 0.913. The van der Waals surface area contributed by atoms with Gasteiger partial charge in [-0.15, -0.1) is 5.10 Å². The zero-order valence-electron chi connectivity index (χ0n) is 7.46. The fraction of sp³-hybridized carbons (Fsp3) is 0.833. The van der Waals surface area contributed by atoms with Crippen LogP contribution in [0.3, 0.4) is 0 Å². The first-order valence-corrected chi connectivity index (χ1v) is 4.14. The van der Waals surface area contributed by atoms with Crippen molar-refractivity contribution in [3.05, 3.63) is 16.3 Å². The molecule has 0 fully saturated rings. The number of hydrogen-bond donors (Lipinski definition) is 0. The van der Waals surface area contributed by atoms with Gasteiger partial charge < -0.3 is 0 Å². The van der Waals surface area contributed by atoms with Crippen LogP contribution in [0.25, 0.3) is 10.4 Å². The first-order valence-electron chi connectivity index (χ1n) is 4.14. The molecule has 0 aliphatic heterocycles. The lowest BCUT2D eigenvalue weighted by molar-refractivity contribution is 0.533. The first-order chi connectivity index (χ1) is 6.38. The molecule has 0 radical (unpaired) electrons. The van der Waals surface area contributed by atoms with Crippen molar-refractivity contribution in [1.29, 1.82) is 0 Å². The number of hydrogen-bond acceptors (Lipinski definition) is 4. The number of aryl methyl sites for hydroxylation is 1. The van der Waals surface area contributed by atoms with Crippen LogP contribution in [0.2, 0.25) is 0 Å². The molecule has 70 valence electrons. The maximum atomic E-state index is 8.11. The zero-order chi connectivity index (χ0) is 9.52. The summed E-state index contributed by atoms with van der Waals surface area (Å²) in [7, 11) is 0. The molecule has 1 aromatic heterocycles. The van der Waals surface area contributed by atoms with Gasteiger partial charge in [-0.25, -0.2) is 4.68 Å². The fourth-order valence-corrected chi connectivity index (χ4v) is 0.913. The van der Waals surface area contributed by atoms with Crippen molar-refractivity contribution in [1.82, 2.24) is 20.2 Å². The van der Waals surface area contributed by atoms with E-state index in [1.165, 1.54) is 0 Å². The normalized spacial score (nSPS) is 9.62. The minimum absolute atomic E-state index is 0.215. The van der Waals surface area contributed by atoms with E-state index in [1.54, 1.807) is 4.68 Å². The van der Waals surface area contributed by atoms with Gasteiger partial charge in [0, 0.05) is 11.5 Å². The lowest BCUT2D eigenvalue weighted by atomic mass is 10.3. The predicted molar refractivity (Wildman–Crippen MR) is 45.6 cm³/mol. The number of rotatable bonds is 5. The molecule has 0 saturated carbocycles. The number of aromatic nitrogens is 4. The van der Waals surface area contributed by atoms with Crippen molar-refractivity contribution in [2.24, 2.45) is 5.11 Å². The van der Waals surface area contributed by atoms with Crippen molar-refractivity contribution in [2.75, 3.05) is 0 Å². The Morgan fingerprint density at radius 3 is 3.15 bits per heavy atom. The summed E-state index contributed by atoms with van der Waals surface area (Å²) in [6.07, 6.45) is 2.11. The first kappa shape index (κ1) is 9.47. The summed E-state index contributed by atoms with van der Waals surface area (Å²) >= 11 is 0. The summed E-state index contributed by atoms with van der Waals surface area (Å²) in [6, 6.07) is 0. The van der Waals surface area contributed by atoms with Crippen molar-refractivity contribution in [3.8, 4) is 0 Å². The summed E-state index contributed by atoms with van der Waals surface area (Å²) in [5.41, 5.74) is 8.11. The van der Waals surface area contributed by atoms with Gasteiger partial charge in [0.15, 0.2) is 5.82 Å². The van der Waals surface area contributed by atoms with Gasteiger partial charge in [-0.05, 0) is 22.4 Å². The highest BCUT2D eigenvalue weighted by atomic mass is 15.5. The van der Waals surface area contributed by atoms with Crippen LogP contribution in [-0.2, 0) is 13.1 Å². The molecule has 0 saturated heterocycles. The zero-order valence-corrected chi connectivity index (χ0v) is 7.46. The molecule has 0 unspecified atom stereocenters. The van der Waals surface area contributed by atoms with Crippen LogP contribution >= 0.6 is 0 Å². The highest BCUT2D eigenvalue weighted by Crippen LogP contribution is 1.98. The molecule has 1 rings (SSSR count). The Labute approximate surface area is 75.4 Å². The molecule has 7 heteroatoms. The third-order valence-corrected chi connectivity index (χ3v) is 1.60. The SMILES string of the molecule is CCCCn1nnnc1CN=[N+]=[N-]. The predicted octanol–water partition coefficient (Wildman–Crippen LogP) is 1.28. The Hall–Kier alpha value is -1.62. The Morgan fingerprint density at radius 2 is 2.46 bits per heavy atom. The second-order valence-electron chi connectivity index (χ2n) is 2.56. The lowest BCUT2D eigenvalue weighted by Crippen LogP contribution is -2.04. The van der Waals surface area contributed by atoms with Crippen LogP contribution in [0.1, 0.15) is 25.6 Å². The molecular weight excluding hydrogens is 170 g/mol. The monoisotopic (exact) mass is 181 g/mol. The topological polar surface area (TPSA) is 92.4 Å². The van der Waals surface area contributed by atoms with E-state index in [9.17, 15) is 0 Å². The molecule has 7 nitrogen and oxygen atoms in total. The maximum Gasteiger partial charge on any atom is 0.157 e. The van der Waals surface area contributed by atoms with Crippen LogP contribution in [0.4, 0.5) is 0 Å². The molecule has 0 amide bonds. The highest BCUT2D eigenvalue weighted by Gasteiger charge is 2.02. The van der Waals surface area contributed by atoms with Crippen LogP contribution in [0.15, 0.2) is 5.11 Å². The van der Waals surface area contributed by atoms with E-state index in [2.05, 4.69) is 32.5 Å². The molecule has 0 N–H and O–H groups in total. The average molecular weight is 181 g/mol. The largest absolute Gasteiger partial charge is 0.229 e. The van der Waals surface area contributed by atoms with Gasteiger partial charge in [0.25, 0.3) is 0 Å². The van der Waals surface area contributed by atoms with Crippen molar-refractivity contribution in [2.45, 2.75) is 32.9 Å². The Balaban J connectivity index is 2.59. The smallest absolute Gasteiger partial charge is 0.157 e. The third kappa shape index (κ3) is 2.72. The van der Waals surface area contributed by atoms with Crippen LogP contribution in [-0.4, -0.2) is 20.2 Å². The van der Waals surface area contributed by atoms with Crippen molar-refractivity contribution in [3.63, 3.8) is 0 Å².